The number of likely N-dealkylation sites (tertiary alicyclic amines) is 1. The average Bonchev–Trinajstić information content (AvgIpc) is 3.42. The molecule has 0 aliphatic carbocycles. The van der Waals surface area contributed by atoms with Gasteiger partial charge in [-0.15, -0.1) is 0 Å². The number of rotatable bonds is 8. The number of aryl methyl sites for hydroxylation is 1. The minimum atomic E-state index is -0.598. The van der Waals surface area contributed by atoms with Gasteiger partial charge in [0.1, 0.15) is 10.5 Å². The van der Waals surface area contributed by atoms with Crippen LogP contribution < -0.4 is 16.2 Å². The summed E-state index contributed by atoms with van der Waals surface area (Å²) in [7, 11) is 3.79. The first kappa shape index (κ1) is 33.6. The number of nitrogens with one attached hydrogen (secondary N) is 2. The third-order valence-electron chi connectivity index (χ3n) is 10.5. The standard InChI is InChI=1S/C36H43BrN8O4/c1-41-19-26(16-27(21-41)39-30-17-38-42(2)36(49)33(30)37)24-8-6-23(7-9-24)18-43-12-14-44(15-13-43)20-25-4-3-5-28-29(25)22-45(35(28)48)31-10-11-32(46)40-34(31)47/h3-9,17,26-27,31,39H,10-16,18-22H2,1-2H3,(H,40,46,47)/t26-,27+,31?/m1/s1. The summed E-state index contributed by atoms with van der Waals surface area (Å²) in [5.41, 5.74) is 6.02. The van der Waals surface area contributed by atoms with Crippen LogP contribution in [0.2, 0.25) is 0 Å². The summed E-state index contributed by atoms with van der Waals surface area (Å²) < 4.78 is 1.84. The Morgan fingerprint density at radius 2 is 1.67 bits per heavy atom. The van der Waals surface area contributed by atoms with Crippen molar-refractivity contribution in [2.24, 2.45) is 7.05 Å². The highest BCUT2D eigenvalue weighted by Gasteiger charge is 2.40. The number of likely N-dealkylation sites (N-methyl/N-ethyl adjacent to an activating group) is 1. The molecule has 0 bridgehead atoms. The fourth-order valence-corrected chi connectivity index (χ4v) is 8.27. The molecule has 5 heterocycles. The summed E-state index contributed by atoms with van der Waals surface area (Å²) in [6.45, 7) is 7.77. The Morgan fingerprint density at radius 3 is 2.41 bits per heavy atom. The van der Waals surface area contributed by atoms with Crippen molar-refractivity contribution in [3.05, 3.63) is 91.3 Å². The molecule has 0 spiro atoms. The second kappa shape index (κ2) is 14.1. The Labute approximate surface area is 294 Å². The third-order valence-corrected chi connectivity index (χ3v) is 11.2. The zero-order chi connectivity index (χ0) is 34.2. The van der Waals surface area contributed by atoms with Gasteiger partial charge in [-0.3, -0.25) is 34.3 Å². The van der Waals surface area contributed by atoms with Crippen molar-refractivity contribution >= 4 is 39.3 Å². The molecule has 3 atom stereocenters. The van der Waals surface area contributed by atoms with Gasteiger partial charge in [0.2, 0.25) is 11.8 Å². The van der Waals surface area contributed by atoms with Gasteiger partial charge >= 0.3 is 0 Å². The molecule has 4 aliphatic heterocycles. The maximum absolute atomic E-state index is 13.2. The van der Waals surface area contributed by atoms with Crippen molar-refractivity contribution in [2.45, 2.75) is 56.9 Å². The first-order valence-electron chi connectivity index (χ1n) is 17.1. The minimum Gasteiger partial charge on any atom is -0.379 e. The summed E-state index contributed by atoms with van der Waals surface area (Å²) in [6, 6.07) is 14.6. The molecule has 2 N–H and O–H groups in total. The highest BCUT2D eigenvalue weighted by atomic mass is 79.9. The number of halogens is 1. The van der Waals surface area contributed by atoms with E-state index in [2.05, 4.69) is 83.7 Å². The van der Waals surface area contributed by atoms with Crippen LogP contribution in [0, 0.1) is 0 Å². The lowest BCUT2D eigenvalue weighted by molar-refractivity contribution is -0.136. The smallest absolute Gasteiger partial charge is 0.282 e. The molecule has 2 aromatic carbocycles. The van der Waals surface area contributed by atoms with Crippen molar-refractivity contribution in [1.82, 2.24) is 34.7 Å². The third kappa shape index (κ3) is 7.21. The van der Waals surface area contributed by atoms with E-state index in [-0.39, 0.29) is 35.7 Å². The SMILES string of the molecule is CN1C[C@@H](Nc2cnn(C)c(=O)c2Br)C[C@@H](c2ccc(CN3CCN(Cc4cccc5c4CN(C4CCC(=O)NC4=O)C5=O)CC3)cc2)C1. The summed E-state index contributed by atoms with van der Waals surface area (Å²) in [5.74, 6) is -0.389. The lowest BCUT2D eigenvalue weighted by Gasteiger charge is -2.37. The Bertz CT molecular complexity index is 1810. The number of fused-ring (bicyclic) bond motifs is 1. The maximum Gasteiger partial charge on any atom is 0.282 e. The van der Waals surface area contributed by atoms with Gasteiger partial charge in [0, 0.05) is 84.0 Å². The number of aromatic nitrogens is 2. The Morgan fingerprint density at radius 1 is 0.939 bits per heavy atom. The molecule has 12 nitrogen and oxygen atoms in total. The average molecular weight is 732 g/mol. The van der Waals surface area contributed by atoms with Crippen molar-refractivity contribution in [2.75, 3.05) is 51.6 Å². The van der Waals surface area contributed by atoms with Gasteiger partial charge in [-0.05, 0) is 70.1 Å². The van der Waals surface area contributed by atoms with Crippen LogP contribution in [0.25, 0.3) is 0 Å². The Balaban J connectivity index is 0.914. The number of amides is 3. The molecule has 3 aromatic rings. The molecule has 3 saturated heterocycles. The van der Waals surface area contributed by atoms with Gasteiger partial charge in [0.05, 0.1) is 11.9 Å². The number of benzene rings is 2. The van der Waals surface area contributed by atoms with Crippen LogP contribution >= 0.6 is 15.9 Å². The molecular formula is C36H43BrN8O4. The number of imide groups is 1. The van der Waals surface area contributed by atoms with E-state index in [1.807, 2.05) is 12.1 Å². The molecule has 7 rings (SSSR count). The van der Waals surface area contributed by atoms with Crippen LogP contribution in [-0.2, 0) is 36.3 Å². The lowest BCUT2D eigenvalue weighted by atomic mass is 9.87. The largest absolute Gasteiger partial charge is 0.379 e. The molecule has 0 radical (unpaired) electrons. The second-order valence-corrected chi connectivity index (χ2v) is 14.7. The van der Waals surface area contributed by atoms with Gasteiger partial charge in [0.15, 0.2) is 0 Å². The number of carbonyl (C=O) groups is 3. The molecule has 13 heteroatoms. The zero-order valence-electron chi connectivity index (χ0n) is 28.0. The monoisotopic (exact) mass is 730 g/mol. The number of carbonyl (C=O) groups excluding carboxylic acids is 3. The quantitative estimate of drug-likeness (QED) is 0.337. The van der Waals surface area contributed by atoms with Crippen LogP contribution in [0.5, 0.6) is 0 Å². The van der Waals surface area contributed by atoms with Crippen molar-refractivity contribution < 1.29 is 14.4 Å². The van der Waals surface area contributed by atoms with E-state index in [1.165, 1.54) is 15.8 Å². The maximum atomic E-state index is 13.2. The van der Waals surface area contributed by atoms with Gasteiger partial charge < -0.3 is 15.1 Å². The molecule has 49 heavy (non-hydrogen) atoms. The van der Waals surface area contributed by atoms with E-state index < -0.39 is 6.04 Å². The summed E-state index contributed by atoms with van der Waals surface area (Å²) in [6.07, 6.45) is 3.31. The predicted molar refractivity (Wildman–Crippen MR) is 189 cm³/mol. The van der Waals surface area contributed by atoms with Gasteiger partial charge in [-0.25, -0.2) is 4.68 Å². The van der Waals surface area contributed by atoms with Crippen LogP contribution in [0.4, 0.5) is 5.69 Å². The van der Waals surface area contributed by atoms with Crippen molar-refractivity contribution in [3.8, 4) is 0 Å². The molecule has 4 aliphatic rings. The topological polar surface area (TPSA) is 123 Å². The Kier molecular flexibility index (Phi) is 9.69. The molecule has 3 fully saturated rings. The zero-order valence-corrected chi connectivity index (χ0v) is 29.6. The molecule has 258 valence electrons. The van der Waals surface area contributed by atoms with E-state index in [0.717, 1.165) is 75.6 Å². The van der Waals surface area contributed by atoms with E-state index >= 15 is 0 Å². The second-order valence-electron chi connectivity index (χ2n) is 13.9. The van der Waals surface area contributed by atoms with Crippen molar-refractivity contribution in [3.63, 3.8) is 0 Å². The number of piperazine rings is 1. The van der Waals surface area contributed by atoms with E-state index in [9.17, 15) is 19.2 Å². The summed E-state index contributed by atoms with van der Waals surface area (Å²) in [4.78, 5) is 58.6. The first-order valence-corrected chi connectivity index (χ1v) is 17.9. The van der Waals surface area contributed by atoms with Gasteiger partial charge in [-0.1, -0.05) is 36.4 Å². The van der Waals surface area contributed by atoms with Crippen LogP contribution in [0.3, 0.4) is 0 Å². The van der Waals surface area contributed by atoms with E-state index in [1.54, 1.807) is 18.1 Å². The fourth-order valence-electron chi connectivity index (χ4n) is 7.79. The van der Waals surface area contributed by atoms with Crippen molar-refractivity contribution in [1.29, 1.82) is 0 Å². The van der Waals surface area contributed by atoms with Crippen LogP contribution in [-0.4, -0.2) is 106 Å². The number of anilines is 1. The van der Waals surface area contributed by atoms with E-state index in [4.69, 9.17) is 0 Å². The highest BCUT2D eigenvalue weighted by Crippen LogP contribution is 2.32. The fraction of sp³-hybridized carbons (Fsp3) is 0.472. The molecule has 1 unspecified atom stereocenters. The predicted octanol–water partition coefficient (Wildman–Crippen LogP) is 2.52. The molecule has 0 saturated carbocycles. The van der Waals surface area contributed by atoms with Crippen LogP contribution in [0.15, 0.2) is 57.9 Å². The van der Waals surface area contributed by atoms with Gasteiger partial charge in [-0.2, -0.15) is 5.10 Å². The number of hydrogen-bond acceptors (Lipinski definition) is 9. The summed E-state index contributed by atoms with van der Waals surface area (Å²) in [5, 5.41) is 10.1. The number of nitrogens with zero attached hydrogens (tertiary/aromatic N) is 6. The highest BCUT2D eigenvalue weighted by molar-refractivity contribution is 9.10. The normalized spacial score (nSPS) is 23.9. The minimum absolute atomic E-state index is 0.125. The lowest BCUT2D eigenvalue weighted by Crippen LogP contribution is -2.52. The molecule has 3 amide bonds. The summed E-state index contributed by atoms with van der Waals surface area (Å²) >= 11 is 3.44. The number of hydrogen-bond donors (Lipinski definition) is 2. The Hall–Kier alpha value is -3.91. The molecule has 1 aromatic heterocycles. The molecular weight excluding hydrogens is 688 g/mol. The van der Waals surface area contributed by atoms with E-state index in [0.29, 0.717) is 28.9 Å². The number of piperidine rings is 2. The van der Waals surface area contributed by atoms with Crippen LogP contribution in [0.1, 0.15) is 57.8 Å². The van der Waals surface area contributed by atoms with Gasteiger partial charge in [0.25, 0.3) is 11.5 Å². The first-order chi connectivity index (χ1) is 23.6.